The molecule has 0 spiro atoms. The summed E-state index contributed by atoms with van der Waals surface area (Å²) in [6.07, 6.45) is 2.17. The Morgan fingerprint density at radius 3 is 2.93 bits per heavy atom. The van der Waals surface area contributed by atoms with Gasteiger partial charge in [0.15, 0.2) is 0 Å². The van der Waals surface area contributed by atoms with Crippen molar-refractivity contribution < 1.29 is 5.11 Å². The molecule has 0 saturated carbocycles. The second-order valence-corrected chi connectivity index (χ2v) is 3.32. The van der Waals surface area contributed by atoms with E-state index in [2.05, 4.69) is 11.1 Å². The zero-order valence-corrected chi connectivity index (χ0v) is 8.36. The highest BCUT2D eigenvalue weighted by atomic mass is 16.3. The van der Waals surface area contributed by atoms with Gasteiger partial charge >= 0.3 is 0 Å². The molecule has 0 bridgehead atoms. The molecule has 0 aliphatic rings. The zero-order chi connectivity index (χ0) is 10.8. The number of fused-ring (bicyclic) bond motifs is 1. The molecule has 1 N–H and O–H groups in total. The third kappa shape index (κ3) is 1.50. The predicted octanol–water partition coefficient (Wildman–Crippen LogP) is 2.37. The Morgan fingerprint density at radius 1 is 1.47 bits per heavy atom. The quantitative estimate of drug-likeness (QED) is 0.765. The van der Waals surface area contributed by atoms with Crippen LogP contribution in [0.25, 0.3) is 10.9 Å². The van der Waals surface area contributed by atoms with Gasteiger partial charge in [-0.15, -0.1) is 0 Å². The molecule has 3 nitrogen and oxygen atoms in total. The molecule has 1 aromatic carbocycles. The van der Waals surface area contributed by atoms with E-state index in [1.54, 1.807) is 18.2 Å². The summed E-state index contributed by atoms with van der Waals surface area (Å²) in [6.45, 7) is 1.97. The number of nitrogens with zero attached hydrogens (tertiary/aromatic N) is 2. The van der Waals surface area contributed by atoms with Gasteiger partial charge in [-0.25, -0.2) is 0 Å². The van der Waals surface area contributed by atoms with Crippen molar-refractivity contribution in [3.05, 3.63) is 35.5 Å². The van der Waals surface area contributed by atoms with Crippen LogP contribution in [0.1, 0.15) is 18.1 Å². The van der Waals surface area contributed by atoms with Gasteiger partial charge in [0, 0.05) is 10.9 Å². The molecule has 0 amide bonds. The van der Waals surface area contributed by atoms with Gasteiger partial charge in [0.1, 0.15) is 5.75 Å². The van der Waals surface area contributed by atoms with Crippen LogP contribution >= 0.6 is 0 Å². The summed E-state index contributed by atoms with van der Waals surface area (Å²) in [5, 5.41) is 19.3. The monoisotopic (exact) mass is 198 g/mol. The van der Waals surface area contributed by atoms with E-state index < -0.39 is 0 Å². The highest BCUT2D eigenvalue weighted by Crippen LogP contribution is 2.26. The highest BCUT2D eigenvalue weighted by Gasteiger charge is 2.06. The van der Waals surface area contributed by atoms with E-state index in [1.807, 2.05) is 6.92 Å². The summed E-state index contributed by atoms with van der Waals surface area (Å²) in [7, 11) is 0. The van der Waals surface area contributed by atoms with Gasteiger partial charge in [0.05, 0.1) is 23.3 Å². The largest absolute Gasteiger partial charge is 0.506 e. The molecule has 3 heteroatoms. The van der Waals surface area contributed by atoms with Crippen LogP contribution in [-0.2, 0) is 6.42 Å². The Labute approximate surface area is 87.6 Å². The smallest absolute Gasteiger partial charge is 0.137 e. The normalized spacial score (nSPS) is 10.1. The molecule has 15 heavy (non-hydrogen) atoms. The lowest BCUT2D eigenvalue weighted by atomic mass is 10.0. The maximum atomic E-state index is 9.63. The number of aromatic hydroxyl groups is 1. The fraction of sp³-hybridized carbons (Fsp3) is 0.167. The summed E-state index contributed by atoms with van der Waals surface area (Å²) in [4.78, 5) is 4.11. The van der Waals surface area contributed by atoms with Crippen LogP contribution in [0, 0.1) is 11.3 Å². The molecule has 0 radical (unpaired) electrons. The van der Waals surface area contributed by atoms with Crippen molar-refractivity contribution in [3.8, 4) is 11.8 Å². The van der Waals surface area contributed by atoms with E-state index in [-0.39, 0.29) is 5.75 Å². The van der Waals surface area contributed by atoms with Crippen molar-refractivity contribution in [3.63, 3.8) is 0 Å². The van der Waals surface area contributed by atoms with Gasteiger partial charge in [0.2, 0.25) is 0 Å². The minimum Gasteiger partial charge on any atom is -0.506 e. The van der Waals surface area contributed by atoms with E-state index in [9.17, 15) is 5.11 Å². The molecular weight excluding hydrogens is 188 g/mol. The number of hydrogen-bond donors (Lipinski definition) is 1. The summed E-state index contributed by atoms with van der Waals surface area (Å²) >= 11 is 0. The van der Waals surface area contributed by atoms with E-state index in [0.29, 0.717) is 5.56 Å². The van der Waals surface area contributed by atoms with Crippen molar-refractivity contribution in [2.24, 2.45) is 0 Å². The van der Waals surface area contributed by atoms with Crippen LogP contribution in [0.2, 0.25) is 0 Å². The lowest BCUT2D eigenvalue weighted by molar-refractivity contribution is 0.467. The van der Waals surface area contributed by atoms with Crippen molar-refractivity contribution >= 4 is 10.9 Å². The second kappa shape index (κ2) is 3.58. The molecule has 0 atom stereocenters. The van der Waals surface area contributed by atoms with Crippen LogP contribution in [0.5, 0.6) is 5.75 Å². The minimum atomic E-state index is 0.195. The van der Waals surface area contributed by atoms with Crippen LogP contribution in [-0.4, -0.2) is 10.1 Å². The minimum absolute atomic E-state index is 0.195. The third-order valence-corrected chi connectivity index (χ3v) is 2.44. The van der Waals surface area contributed by atoms with Crippen molar-refractivity contribution in [2.45, 2.75) is 13.3 Å². The Kier molecular flexibility index (Phi) is 2.26. The van der Waals surface area contributed by atoms with Gasteiger partial charge in [-0.1, -0.05) is 6.92 Å². The van der Waals surface area contributed by atoms with Gasteiger partial charge < -0.3 is 5.11 Å². The van der Waals surface area contributed by atoms with Gasteiger partial charge in [0.25, 0.3) is 0 Å². The maximum Gasteiger partial charge on any atom is 0.137 e. The molecule has 74 valence electrons. The Balaban J connectivity index is 2.83. The number of aryl methyl sites for hydroxylation is 1. The average Bonchev–Trinajstić information content (AvgIpc) is 2.28. The van der Waals surface area contributed by atoms with Gasteiger partial charge in [-0.3, -0.25) is 4.98 Å². The first-order valence-electron chi connectivity index (χ1n) is 4.77. The maximum absolute atomic E-state index is 9.63. The standard InChI is InChI=1S/C12H10N2O/c1-2-9-10-5-8(6-13)3-4-11(10)14-7-12(9)15/h3-5,7,15H,2H2,1H3. The summed E-state index contributed by atoms with van der Waals surface area (Å²) in [5.41, 5.74) is 2.24. The topological polar surface area (TPSA) is 56.9 Å². The fourth-order valence-electron chi connectivity index (χ4n) is 1.68. The number of nitriles is 1. The number of pyridine rings is 1. The number of benzene rings is 1. The molecule has 0 aliphatic heterocycles. The predicted molar refractivity (Wildman–Crippen MR) is 57.5 cm³/mol. The van der Waals surface area contributed by atoms with E-state index >= 15 is 0 Å². The molecule has 2 aromatic rings. The average molecular weight is 198 g/mol. The van der Waals surface area contributed by atoms with Gasteiger partial charge in [-0.05, 0) is 24.6 Å². The van der Waals surface area contributed by atoms with Crippen molar-refractivity contribution in [1.82, 2.24) is 4.98 Å². The van der Waals surface area contributed by atoms with Crippen LogP contribution in [0.4, 0.5) is 0 Å². The molecule has 1 aromatic heterocycles. The lowest BCUT2D eigenvalue weighted by Gasteiger charge is -2.05. The highest BCUT2D eigenvalue weighted by molar-refractivity contribution is 5.85. The molecule has 0 fully saturated rings. The first-order valence-corrected chi connectivity index (χ1v) is 4.77. The summed E-state index contributed by atoms with van der Waals surface area (Å²) in [6, 6.07) is 7.37. The van der Waals surface area contributed by atoms with E-state index in [0.717, 1.165) is 22.9 Å². The molecule has 0 unspecified atom stereocenters. The molecule has 0 saturated heterocycles. The summed E-state index contributed by atoms with van der Waals surface area (Å²) in [5.74, 6) is 0.195. The number of hydrogen-bond acceptors (Lipinski definition) is 3. The second-order valence-electron chi connectivity index (χ2n) is 3.32. The van der Waals surface area contributed by atoms with Crippen molar-refractivity contribution in [1.29, 1.82) is 5.26 Å². The van der Waals surface area contributed by atoms with Crippen LogP contribution < -0.4 is 0 Å². The first-order chi connectivity index (χ1) is 7.26. The SMILES string of the molecule is CCc1c(O)cnc2ccc(C#N)cc12. The van der Waals surface area contributed by atoms with E-state index in [1.165, 1.54) is 6.20 Å². The van der Waals surface area contributed by atoms with Crippen LogP contribution in [0.3, 0.4) is 0 Å². The molecule has 0 aliphatic carbocycles. The molecule has 2 rings (SSSR count). The Bertz CT molecular complexity index is 555. The molecular formula is C12H10N2O. The fourth-order valence-corrected chi connectivity index (χ4v) is 1.68. The van der Waals surface area contributed by atoms with E-state index in [4.69, 9.17) is 5.26 Å². The molecule has 1 heterocycles. The third-order valence-electron chi connectivity index (χ3n) is 2.44. The number of rotatable bonds is 1. The zero-order valence-electron chi connectivity index (χ0n) is 8.36. The van der Waals surface area contributed by atoms with Crippen molar-refractivity contribution in [2.75, 3.05) is 0 Å². The Hall–Kier alpha value is -2.08. The van der Waals surface area contributed by atoms with Gasteiger partial charge in [-0.2, -0.15) is 5.26 Å². The lowest BCUT2D eigenvalue weighted by Crippen LogP contribution is -1.89. The van der Waals surface area contributed by atoms with Crippen LogP contribution in [0.15, 0.2) is 24.4 Å². The Morgan fingerprint density at radius 2 is 2.27 bits per heavy atom. The number of aromatic nitrogens is 1. The summed E-state index contributed by atoms with van der Waals surface area (Å²) < 4.78 is 0. The first kappa shape index (κ1) is 9.47.